The van der Waals surface area contributed by atoms with Crippen molar-refractivity contribution in [1.82, 2.24) is 9.80 Å². The summed E-state index contributed by atoms with van der Waals surface area (Å²) in [4.78, 5) is 29.5. The number of hydrogen-bond acceptors (Lipinski definition) is 3. The van der Waals surface area contributed by atoms with Crippen LogP contribution in [0.25, 0.3) is 0 Å². The van der Waals surface area contributed by atoms with Crippen molar-refractivity contribution < 1.29 is 9.59 Å². The van der Waals surface area contributed by atoms with Crippen LogP contribution in [0.3, 0.4) is 0 Å². The lowest BCUT2D eigenvalue weighted by atomic mass is 9.74. The van der Waals surface area contributed by atoms with Crippen LogP contribution in [0.1, 0.15) is 54.9 Å². The van der Waals surface area contributed by atoms with Gasteiger partial charge in [-0.05, 0) is 44.9 Å². The Bertz CT molecular complexity index is 664. The van der Waals surface area contributed by atoms with E-state index in [1.165, 1.54) is 6.42 Å². The molecule has 0 saturated heterocycles. The van der Waals surface area contributed by atoms with Crippen LogP contribution in [-0.4, -0.2) is 47.7 Å². The molecule has 1 atom stereocenters. The zero-order valence-electron chi connectivity index (χ0n) is 16.6. The molecule has 0 aromatic heterocycles. The Morgan fingerprint density at radius 1 is 1.23 bits per heavy atom. The summed E-state index contributed by atoms with van der Waals surface area (Å²) in [6, 6.07) is 7.52. The van der Waals surface area contributed by atoms with E-state index in [4.69, 9.17) is 0 Å². The molecule has 0 radical (unpaired) electrons. The fraction of sp³-hybridized carbons (Fsp3) is 0.545. The van der Waals surface area contributed by atoms with Gasteiger partial charge < -0.3 is 9.80 Å². The molecule has 0 aliphatic heterocycles. The molecule has 1 unspecified atom stereocenters. The fourth-order valence-corrected chi connectivity index (χ4v) is 4.05. The van der Waals surface area contributed by atoms with Gasteiger partial charge in [-0.1, -0.05) is 49.6 Å². The monoisotopic (exact) mass is 356 g/mol. The zero-order chi connectivity index (χ0) is 19.3. The highest BCUT2D eigenvalue weighted by molar-refractivity contribution is 6.00. The summed E-state index contributed by atoms with van der Waals surface area (Å²) in [5, 5.41) is 0. The van der Waals surface area contributed by atoms with Crippen LogP contribution < -0.4 is 0 Å². The van der Waals surface area contributed by atoms with Crippen molar-refractivity contribution in [2.75, 3.05) is 20.6 Å². The van der Waals surface area contributed by atoms with Gasteiger partial charge in [-0.3, -0.25) is 9.59 Å². The average molecular weight is 357 g/mol. The van der Waals surface area contributed by atoms with E-state index < -0.39 is 5.54 Å². The first-order chi connectivity index (χ1) is 12.3. The molecular formula is C22H32N2O2. The van der Waals surface area contributed by atoms with Gasteiger partial charge in [-0.25, -0.2) is 0 Å². The molecule has 2 rings (SSSR count). The van der Waals surface area contributed by atoms with Gasteiger partial charge >= 0.3 is 0 Å². The molecule has 1 aromatic rings. The first kappa shape index (κ1) is 20.2. The van der Waals surface area contributed by atoms with Crippen LogP contribution in [0.2, 0.25) is 0 Å². The van der Waals surface area contributed by atoms with Crippen molar-refractivity contribution in [2.24, 2.45) is 5.92 Å². The van der Waals surface area contributed by atoms with Crippen molar-refractivity contribution in [3.8, 4) is 0 Å². The number of ketones is 1. The normalized spacial score (nSPS) is 17.2. The van der Waals surface area contributed by atoms with Crippen LogP contribution in [0.5, 0.6) is 0 Å². The predicted octanol–water partition coefficient (Wildman–Crippen LogP) is 4.05. The van der Waals surface area contributed by atoms with Gasteiger partial charge in [0.15, 0.2) is 5.78 Å². The molecule has 1 aliphatic carbocycles. The molecular weight excluding hydrogens is 324 g/mol. The average Bonchev–Trinajstić information content (AvgIpc) is 2.66. The number of benzene rings is 1. The summed E-state index contributed by atoms with van der Waals surface area (Å²) in [7, 11) is 3.64. The first-order valence-electron chi connectivity index (χ1n) is 9.51. The Balaban J connectivity index is 2.18. The minimum Gasteiger partial charge on any atom is -0.367 e. The van der Waals surface area contributed by atoms with Crippen LogP contribution in [0.4, 0.5) is 0 Å². The molecule has 0 spiro atoms. The third kappa shape index (κ3) is 4.17. The van der Waals surface area contributed by atoms with Crippen molar-refractivity contribution in [3.05, 3.63) is 48.2 Å². The molecule has 1 saturated carbocycles. The minimum absolute atomic E-state index is 0.00666. The number of nitrogens with zero attached hydrogens (tertiary/aromatic N) is 2. The van der Waals surface area contributed by atoms with Gasteiger partial charge in [0.1, 0.15) is 5.54 Å². The Morgan fingerprint density at radius 2 is 1.88 bits per heavy atom. The number of hydrogen-bond donors (Lipinski definition) is 0. The van der Waals surface area contributed by atoms with Crippen molar-refractivity contribution in [1.29, 1.82) is 0 Å². The summed E-state index contributed by atoms with van der Waals surface area (Å²) < 4.78 is 0. The molecule has 1 aliphatic rings. The maximum atomic E-state index is 13.4. The molecule has 1 aromatic carbocycles. The summed E-state index contributed by atoms with van der Waals surface area (Å²) in [6.07, 6.45) is 7.36. The molecule has 0 N–H and O–H groups in total. The Morgan fingerprint density at radius 3 is 2.46 bits per heavy atom. The smallest absolute Gasteiger partial charge is 0.248 e. The number of rotatable bonds is 7. The molecule has 0 bridgehead atoms. The van der Waals surface area contributed by atoms with Crippen molar-refractivity contribution >= 4 is 11.7 Å². The second-order valence-corrected chi connectivity index (χ2v) is 7.73. The highest BCUT2D eigenvalue weighted by atomic mass is 16.2. The Labute approximate surface area is 157 Å². The number of carbonyl (C=O) groups excluding carboxylic acids is 2. The number of Topliss-reactive ketones (excluding diaryl/α,β-unsaturated/α-hetero) is 1. The largest absolute Gasteiger partial charge is 0.367 e. The number of aryl methyl sites for hydroxylation is 1. The quantitative estimate of drug-likeness (QED) is 0.692. The predicted molar refractivity (Wildman–Crippen MR) is 106 cm³/mol. The summed E-state index contributed by atoms with van der Waals surface area (Å²) in [6.45, 7) is 7.93. The first-order valence-corrected chi connectivity index (χ1v) is 9.51. The summed E-state index contributed by atoms with van der Waals surface area (Å²) in [5.41, 5.74) is 1.04. The van der Waals surface area contributed by atoms with Crippen LogP contribution in [0.15, 0.2) is 37.0 Å². The number of amides is 1. The standard InChI is InChI=1S/C22H32N2O2/c1-6-24(5)22(3,19-13-8-7-9-14-19)21(26)23(4)16-20(25)18-12-10-11-17(2)15-18/h6,10-12,15,19H,1,7-9,13-14,16H2,2-5H3. The Hall–Kier alpha value is -2.10. The molecule has 4 nitrogen and oxygen atoms in total. The maximum absolute atomic E-state index is 13.4. The van der Waals surface area contributed by atoms with Crippen LogP contribution in [-0.2, 0) is 4.79 Å². The van der Waals surface area contributed by atoms with Crippen LogP contribution in [0, 0.1) is 12.8 Å². The fourth-order valence-electron chi connectivity index (χ4n) is 4.05. The minimum atomic E-state index is -0.663. The third-order valence-corrected chi connectivity index (χ3v) is 5.91. The van der Waals surface area contributed by atoms with Crippen LogP contribution >= 0.6 is 0 Å². The van der Waals surface area contributed by atoms with E-state index in [1.807, 2.05) is 50.1 Å². The topological polar surface area (TPSA) is 40.6 Å². The lowest BCUT2D eigenvalue weighted by Crippen LogP contribution is -2.59. The van der Waals surface area contributed by atoms with E-state index in [0.29, 0.717) is 5.56 Å². The van der Waals surface area contributed by atoms with E-state index in [2.05, 4.69) is 6.58 Å². The summed E-state index contributed by atoms with van der Waals surface area (Å²) >= 11 is 0. The highest BCUT2D eigenvalue weighted by Gasteiger charge is 2.45. The lowest BCUT2D eigenvalue weighted by molar-refractivity contribution is -0.143. The van der Waals surface area contributed by atoms with Gasteiger partial charge in [0.25, 0.3) is 0 Å². The van der Waals surface area contributed by atoms with E-state index in [9.17, 15) is 9.59 Å². The summed E-state index contributed by atoms with van der Waals surface area (Å²) in [5.74, 6) is 0.243. The van der Waals surface area contributed by atoms with Gasteiger partial charge in [-0.15, -0.1) is 0 Å². The van der Waals surface area contributed by atoms with E-state index in [0.717, 1.165) is 31.2 Å². The SMILES string of the molecule is C=CN(C)C(C)(C(=O)N(C)CC(=O)c1cccc(C)c1)C1CCCCC1. The molecule has 0 heterocycles. The lowest BCUT2D eigenvalue weighted by Gasteiger charge is -2.46. The zero-order valence-corrected chi connectivity index (χ0v) is 16.6. The molecule has 142 valence electrons. The highest BCUT2D eigenvalue weighted by Crippen LogP contribution is 2.37. The van der Waals surface area contributed by atoms with Crippen molar-refractivity contribution in [3.63, 3.8) is 0 Å². The molecule has 26 heavy (non-hydrogen) atoms. The second-order valence-electron chi connectivity index (χ2n) is 7.73. The number of likely N-dealkylation sites (N-methyl/N-ethyl adjacent to an activating group) is 2. The third-order valence-electron chi connectivity index (χ3n) is 5.91. The van der Waals surface area contributed by atoms with Gasteiger partial charge in [0.05, 0.1) is 6.54 Å². The van der Waals surface area contributed by atoms with Gasteiger partial charge in [-0.2, -0.15) is 0 Å². The van der Waals surface area contributed by atoms with Gasteiger partial charge in [0.2, 0.25) is 5.91 Å². The Kier molecular flexibility index (Phi) is 6.63. The van der Waals surface area contributed by atoms with E-state index in [-0.39, 0.29) is 24.2 Å². The molecule has 4 heteroatoms. The van der Waals surface area contributed by atoms with E-state index >= 15 is 0 Å². The van der Waals surface area contributed by atoms with Gasteiger partial charge in [0, 0.05) is 19.7 Å². The molecule has 1 amide bonds. The number of carbonyl (C=O) groups is 2. The molecule has 1 fully saturated rings. The maximum Gasteiger partial charge on any atom is 0.248 e. The van der Waals surface area contributed by atoms with Crippen molar-refractivity contribution in [2.45, 2.75) is 51.5 Å². The van der Waals surface area contributed by atoms with E-state index in [1.54, 1.807) is 18.1 Å². The second kappa shape index (κ2) is 8.52.